The molecule has 0 aromatic carbocycles. The molecule has 140 valence electrons. The van der Waals surface area contributed by atoms with Crippen LogP contribution >= 0.6 is 11.6 Å². The Hall–Kier alpha value is -1.35. The zero-order chi connectivity index (χ0) is 18.6. The third-order valence-corrected chi connectivity index (χ3v) is 3.00. The molecular formula is C15H27ClN2O6. The van der Waals surface area contributed by atoms with E-state index in [0.717, 1.165) is 6.08 Å². The van der Waals surface area contributed by atoms with Crippen LogP contribution in [0.5, 0.6) is 0 Å². The Morgan fingerprint density at radius 2 is 1.88 bits per heavy atom. The first kappa shape index (κ1) is 22.6. The second-order valence-electron chi connectivity index (χ2n) is 5.41. The lowest BCUT2D eigenvalue weighted by Crippen LogP contribution is -2.51. The van der Waals surface area contributed by atoms with Gasteiger partial charge in [0.2, 0.25) is 5.76 Å². The monoisotopic (exact) mass is 366 g/mol. The molecule has 0 aliphatic heterocycles. The second kappa shape index (κ2) is 12.1. The highest BCUT2D eigenvalue weighted by atomic mass is 35.5. The molecule has 3 N–H and O–H groups in total. The summed E-state index contributed by atoms with van der Waals surface area (Å²) < 4.78 is 14.9. The van der Waals surface area contributed by atoms with Crippen LogP contribution in [0.2, 0.25) is 0 Å². The number of carbonyl (C=O) groups excluding carboxylic acids is 2. The summed E-state index contributed by atoms with van der Waals surface area (Å²) in [6, 6.07) is 0. The first-order valence-corrected chi connectivity index (χ1v) is 8.19. The van der Waals surface area contributed by atoms with Crippen molar-refractivity contribution in [3.63, 3.8) is 0 Å². The van der Waals surface area contributed by atoms with Crippen molar-refractivity contribution in [1.82, 2.24) is 5.48 Å². The van der Waals surface area contributed by atoms with E-state index in [1.807, 2.05) is 13.8 Å². The summed E-state index contributed by atoms with van der Waals surface area (Å²) in [6.45, 7) is 8.01. The fourth-order valence-corrected chi connectivity index (χ4v) is 1.50. The van der Waals surface area contributed by atoms with Gasteiger partial charge in [-0.25, -0.2) is 9.59 Å². The molecular weight excluding hydrogens is 340 g/mol. The lowest BCUT2D eigenvalue weighted by atomic mass is 9.91. The van der Waals surface area contributed by atoms with Gasteiger partial charge in [0, 0.05) is 11.3 Å². The molecule has 1 unspecified atom stereocenters. The van der Waals surface area contributed by atoms with E-state index >= 15 is 0 Å². The maximum Gasteiger partial charge on any atom is 0.376 e. The quantitative estimate of drug-likeness (QED) is 0.100. The summed E-state index contributed by atoms with van der Waals surface area (Å²) in [4.78, 5) is 28.5. The summed E-state index contributed by atoms with van der Waals surface area (Å²) in [5, 5.41) is 0. The summed E-state index contributed by atoms with van der Waals surface area (Å²) in [6.07, 6.45) is 0.214. The number of alkyl halides is 1. The minimum absolute atomic E-state index is 0.131. The van der Waals surface area contributed by atoms with E-state index in [0.29, 0.717) is 19.1 Å². The Morgan fingerprint density at radius 3 is 2.42 bits per heavy atom. The van der Waals surface area contributed by atoms with Gasteiger partial charge in [-0.15, -0.1) is 17.1 Å². The molecule has 0 aliphatic rings. The molecule has 0 saturated heterocycles. The predicted octanol–water partition coefficient (Wildman–Crippen LogP) is 1.08. The molecule has 0 bridgehead atoms. The first-order chi connectivity index (χ1) is 11.3. The molecule has 0 aromatic heterocycles. The predicted molar refractivity (Wildman–Crippen MR) is 88.9 cm³/mol. The third-order valence-electron chi connectivity index (χ3n) is 2.85. The molecule has 24 heavy (non-hydrogen) atoms. The van der Waals surface area contributed by atoms with Crippen LogP contribution in [-0.2, 0) is 28.6 Å². The highest BCUT2D eigenvalue weighted by Crippen LogP contribution is 2.18. The lowest BCUT2D eigenvalue weighted by Gasteiger charge is -2.31. The standard InChI is InChI=1S/C15H27ClN2O6/c1-5-22-12(19)9-11(13(20)23-6-2)24-18-14(17)15(3,4)10-21-8-7-16/h9,14,18H,5-8,10,17H2,1-4H3. The van der Waals surface area contributed by atoms with E-state index in [-0.39, 0.29) is 19.0 Å². The van der Waals surface area contributed by atoms with Crippen LogP contribution in [0.25, 0.3) is 0 Å². The average Bonchev–Trinajstić information content (AvgIpc) is 2.51. The van der Waals surface area contributed by atoms with Gasteiger partial charge in [0.25, 0.3) is 0 Å². The Labute approximate surface area is 147 Å². The second-order valence-corrected chi connectivity index (χ2v) is 5.79. The molecule has 0 heterocycles. The maximum atomic E-state index is 11.8. The van der Waals surface area contributed by atoms with Gasteiger partial charge in [0.15, 0.2) is 0 Å². The van der Waals surface area contributed by atoms with Crippen molar-refractivity contribution in [2.24, 2.45) is 11.1 Å². The highest BCUT2D eigenvalue weighted by molar-refractivity contribution is 6.17. The van der Waals surface area contributed by atoms with Gasteiger partial charge >= 0.3 is 11.9 Å². The Balaban J connectivity index is 4.79. The summed E-state index contributed by atoms with van der Waals surface area (Å²) in [5.74, 6) is -1.49. The molecule has 0 radical (unpaired) electrons. The van der Waals surface area contributed by atoms with E-state index in [1.165, 1.54) is 0 Å². The third kappa shape index (κ3) is 9.07. The van der Waals surface area contributed by atoms with E-state index in [2.05, 4.69) is 5.48 Å². The van der Waals surface area contributed by atoms with Crippen LogP contribution in [0.1, 0.15) is 27.7 Å². The number of hydrogen-bond donors (Lipinski definition) is 2. The lowest BCUT2D eigenvalue weighted by molar-refractivity contribution is -0.147. The van der Waals surface area contributed by atoms with Gasteiger partial charge in [0.05, 0.1) is 38.7 Å². The van der Waals surface area contributed by atoms with E-state index in [4.69, 9.17) is 36.4 Å². The number of ether oxygens (including phenoxy) is 3. The van der Waals surface area contributed by atoms with Crippen LogP contribution in [0.3, 0.4) is 0 Å². The highest BCUT2D eigenvalue weighted by Gasteiger charge is 2.28. The number of nitrogens with one attached hydrogen (secondary N) is 1. The summed E-state index contributed by atoms with van der Waals surface area (Å²) >= 11 is 5.55. The van der Waals surface area contributed by atoms with Crippen molar-refractivity contribution in [3.05, 3.63) is 11.8 Å². The topological polar surface area (TPSA) is 109 Å². The fraction of sp³-hybridized carbons (Fsp3) is 0.733. The van der Waals surface area contributed by atoms with Gasteiger partial charge in [-0.1, -0.05) is 13.8 Å². The van der Waals surface area contributed by atoms with Gasteiger partial charge in [-0.3, -0.25) is 0 Å². The Bertz CT molecular complexity index is 428. The maximum absolute atomic E-state index is 11.8. The van der Waals surface area contributed by atoms with Crippen LogP contribution in [0.15, 0.2) is 11.8 Å². The first-order valence-electron chi connectivity index (χ1n) is 7.65. The van der Waals surface area contributed by atoms with Crippen molar-refractivity contribution in [2.45, 2.75) is 33.9 Å². The molecule has 0 saturated carbocycles. The van der Waals surface area contributed by atoms with Crippen molar-refractivity contribution in [1.29, 1.82) is 0 Å². The number of halogens is 1. The van der Waals surface area contributed by atoms with Gasteiger partial charge in [-0.2, -0.15) is 0 Å². The van der Waals surface area contributed by atoms with Crippen molar-refractivity contribution < 1.29 is 28.6 Å². The number of hydrogen-bond acceptors (Lipinski definition) is 8. The van der Waals surface area contributed by atoms with Crippen LogP contribution in [0.4, 0.5) is 0 Å². The number of nitrogens with two attached hydrogens (primary N) is 1. The number of carbonyl (C=O) groups is 2. The fourth-order valence-electron chi connectivity index (χ4n) is 1.39. The zero-order valence-corrected chi connectivity index (χ0v) is 15.4. The van der Waals surface area contributed by atoms with E-state index in [1.54, 1.807) is 13.8 Å². The Kier molecular flexibility index (Phi) is 11.4. The molecule has 0 spiro atoms. The van der Waals surface area contributed by atoms with Crippen LogP contribution < -0.4 is 11.2 Å². The molecule has 1 atom stereocenters. The van der Waals surface area contributed by atoms with E-state index < -0.39 is 23.5 Å². The minimum atomic E-state index is -0.804. The molecule has 0 amide bonds. The summed E-state index contributed by atoms with van der Waals surface area (Å²) in [5.41, 5.74) is 8.01. The molecule has 0 fully saturated rings. The average molecular weight is 367 g/mol. The number of rotatable bonds is 12. The number of esters is 2. The molecule has 0 aliphatic carbocycles. The van der Waals surface area contributed by atoms with Crippen molar-refractivity contribution in [2.75, 3.05) is 32.3 Å². The molecule has 9 heteroatoms. The van der Waals surface area contributed by atoms with E-state index in [9.17, 15) is 9.59 Å². The smallest absolute Gasteiger partial charge is 0.376 e. The molecule has 8 nitrogen and oxygen atoms in total. The van der Waals surface area contributed by atoms with Crippen molar-refractivity contribution >= 4 is 23.5 Å². The zero-order valence-electron chi connectivity index (χ0n) is 14.6. The van der Waals surface area contributed by atoms with Gasteiger partial charge in [-0.05, 0) is 13.8 Å². The minimum Gasteiger partial charge on any atom is -0.463 e. The number of hydroxylamine groups is 1. The Morgan fingerprint density at radius 1 is 1.25 bits per heavy atom. The largest absolute Gasteiger partial charge is 0.463 e. The normalized spacial score (nSPS) is 13.3. The summed E-state index contributed by atoms with van der Waals surface area (Å²) in [7, 11) is 0. The van der Waals surface area contributed by atoms with Crippen LogP contribution in [0, 0.1) is 5.41 Å². The van der Waals surface area contributed by atoms with Crippen LogP contribution in [-0.4, -0.2) is 50.4 Å². The SMILES string of the molecule is CCOC(=O)C=C(ONC(N)C(C)(C)COCCCl)C(=O)OCC. The van der Waals surface area contributed by atoms with Gasteiger partial charge < -0.3 is 24.8 Å². The molecule has 0 aromatic rings. The van der Waals surface area contributed by atoms with Gasteiger partial charge in [0.1, 0.15) is 0 Å². The molecule has 0 rings (SSSR count). The van der Waals surface area contributed by atoms with Crippen molar-refractivity contribution in [3.8, 4) is 0 Å².